The van der Waals surface area contributed by atoms with E-state index in [4.69, 9.17) is 9.47 Å². The highest BCUT2D eigenvalue weighted by atomic mass is 16.5. The molecule has 0 spiro atoms. The molecule has 2 rings (SSSR count). The van der Waals surface area contributed by atoms with Gasteiger partial charge in [-0.15, -0.1) is 0 Å². The van der Waals surface area contributed by atoms with E-state index in [1.165, 1.54) is 0 Å². The second-order valence-corrected chi connectivity index (χ2v) is 4.67. The van der Waals surface area contributed by atoms with Gasteiger partial charge in [0, 0.05) is 18.5 Å². The minimum atomic E-state index is -0.0493. The van der Waals surface area contributed by atoms with Crippen molar-refractivity contribution >= 4 is 5.91 Å². The Kier molecular flexibility index (Phi) is 5.07. The van der Waals surface area contributed by atoms with Gasteiger partial charge in [0.2, 0.25) is 0 Å². The fraction of sp³-hybridized carbons (Fsp3) is 0.533. The van der Waals surface area contributed by atoms with Gasteiger partial charge in [-0.25, -0.2) is 0 Å². The number of hydrogen-bond acceptors (Lipinski definition) is 3. The first kappa shape index (κ1) is 13.7. The van der Waals surface area contributed by atoms with Gasteiger partial charge in [0.25, 0.3) is 5.91 Å². The summed E-state index contributed by atoms with van der Waals surface area (Å²) in [6.45, 7) is 4.16. The SMILES string of the molecule is CCCCCNC(=O)c1ccc2c(c1)OCCCO2. The number of hydrogen-bond donors (Lipinski definition) is 1. The third-order valence-corrected chi connectivity index (χ3v) is 3.08. The second-order valence-electron chi connectivity index (χ2n) is 4.67. The molecule has 0 radical (unpaired) electrons. The van der Waals surface area contributed by atoms with Crippen LogP contribution in [0.3, 0.4) is 0 Å². The highest BCUT2D eigenvalue weighted by molar-refractivity contribution is 5.94. The van der Waals surface area contributed by atoms with Crippen molar-refractivity contribution in [1.29, 1.82) is 0 Å². The van der Waals surface area contributed by atoms with Gasteiger partial charge in [-0.05, 0) is 24.6 Å². The number of amides is 1. The van der Waals surface area contributed by atoms with Crippen LogP contribution in [0.2, 0.25) is 0 Å². The summed E-state index contributed by atoms with van der Waals surface area (Å²) in [5.41, 5.74) is 0.626. The molecule has 4 heteroatoms. The number of benzene rings is 1. The molecule has 1 aromatic carbocycles. The fourth-order valence-electron chi connectivity index (χ4n) is 1.98. The Bertz CT molecular complexity index is 431. The molecule has 0 bridgehead atoms. The van der Waals surface area contributed by atoms with Crippen molar-refractivity contribution in [1.82, 2.24) is 5.32 Å². The van der Waals surface area contributed by atoms with Gasteiger partial charge in [-0.1, -0.05) is 19.8 Å². The van der Waals surface area contributed by atoms with E-state index in [0.717, 1.165) is 38.0 Å². The normalized spacial score (nSPS) is 13.7. The largest absolute Gasteiger partial charge is 0.490 e. The number of carbonyl (C=O) groups excluding carboxylic acids is 1. The Morgan fingerprint density at radius 1 is 1.21 bits per heavy atom. The molecule has 0 aromatic heterocycles. The summed E-state index contributed by atoms with van der Waals surface area (Å²) in [6.07, 6.45) is 4.18. The summed E-state index contributed by atoms with van der Waals surface area (Å²) < 4.78 is 11.1. The molecule has 1 amide bonds. The first-order valence-electron chi connectivity index (χ1n) is 6.99. The molecule has 0 aliphatic carbocycles. The summed E-state index contributed by atoms with van der Waals surface area (Å²) in [7, 11) is 0. The van der Waals surface area contributed by atoms with Crippen molar-refractivity contribution < 1.29 is 14.3 Å². The van der Waals surface area contributed by atoms with Crippen LogP contribution in [0, 0.1) is 0 Å². The molecule has 4 nitrogen and oxygen atoms in total. The molecule has 0 saturated carbocycles. The smallest absolute Gasteiger partial charge is 0.251 e. The third kappa shape index (κ3) is 3.88. The van der Waals surface area contributed by atoms with Crippen LogP contribution in [0.5, 0.6) is 11.5 Å². The van der Waals surface area contributed by atoms with Crippen molar-refractivity contribution in [2.24, 2.45) is 0 Å². The average Bonchev–Trinajstić information content (AvgIpc) is 2.67. The van der Waals surface area contributed by atoms with E-state index in [9.17, 15) is 4.79 Å². The number of nitrogens with one attached hydrogen (secondary N) is 1. The molecule has 19 heavy (non-hydrogen) atoms. The van der Waals surface area contributed by atoms with Gasteiger partial charge in [-0.2, -0.15) is 0 Å². The van der Waals surface area contributed by atoms with Crippen LogP contribution >= 0.6 is 0 Å². The predicted octanol–water partition coefficient (Wildman–Crippen LogP) is 2.77. The summed E-state index contributed by atoms with van der Waals surface area (Å²) in [4.78, 5) is 12.0. The summed E-state index contributed by atoms with van der Waals surface area (Å²) in [6, 6.07) is 5.35. The zero-order chi connectivity index (χ0) is 13.5. The van der Waals surface area contributed by atoms with E-state index in [-0.39, 0.29) is 5.91 Å². The van der Waals surface area contributed by atoms with Gasteiger partial charge in [-0.3, -0.25) is 4.79 Å². The van der Waals surface area contributed by atoms with Crippen LogP contribution in [0.4, 0.5) is 0 Å². The molecule has 1 aliphatic heterocycles. The van der Waals surface area contributed by atoms with Crippen molar-refractivity contribution in [3.63, 3.8) is 0 Å². The molecule has 1 aromatic rings. The van der Waals surface area contributed by atoms with E-state index in [0.29, 0.717) is 24.5 Å². The Labute approximate surface area is 114 Å². The van der Waals surface area contributed by atoms with E-state index in [2.05, 4.69) is 12.2 Å². The van der Waals surface area contributed by atoms with E-state index in [1.807, 2.05) is 6.07 Å². The Balaban J connectivity index is 1.96. The molecule has 0 unspecified atom stereocenters. The third-order valence-electron chi connectivity index (χ3n) is 3.08. The monoisotopic (exact) mass is 263 g/mol. The molecule has 0 saturated heterocycles. The number of carbonyl (C=O) groups is 1. The van der Waals surface area contributed by atoms with Crippen LogP contribution in [-0.4, -0.2) is 25.7 Å². The summed E-state index contributed by atoms with van der Waals surface area (Å²) in [5, 5.41) is 2.92. The molecule has 1 heterocycles. The Morgan fingerprint density at radius 3 is 2.79 bits per heavy atom. The van der Waals surface area contributed by atoms with E-state index >= 15 is 0 Å². The highest BCUT2D eigenvalue weighted by Crippen LogP contribution is 2.30. The second kappa shape index (κ2) is 7.02. The number of unbranched alkanes of at least 4 members (excludes halogenated alkanes) is 2. The molecule has 1 N–H and O–H groups in total. The Morgan fingerprint density at radius 2 is 2.00 bits per heavy atom. The lowest BCUT2D eigenvalue weighted by molar-refractivity contribution is 0.0952. The van der Waals surface area contributed by atoms with Gasteiger partial charge < -0.3 is 14.8 Å². The van der Waals surface area contributed by atoms with Crippen molar-refractivity contribution in [2.75, 3.05) is 19.8 Å². The number of rotatable bonds is 5. The van der Waals surface area contributed by atoms with Crippen LogP contribution in [0.15, 0.2) is 18.2 Å². The van der Waals surface area contributed by atoms with Crippen LogP contribution in [0.1, 0.15) is 43.0 Å². The number of ether oxygens (including phenoxy) is 2. The van der Waals surface area contributed by atoms with Crippen LogP contribution < -0.4 is 14.8 Å². The molecule has 0 fully saturated rings. The quantitative estimate of drug-likeness (QED) is 0.831. The van der Waals surface area contributed by atoms with Gasteiger partial charge >= 0.3 is 0 Å². The lowest BCUT2D eigenvalue weighted by atomic mass is 10.2. The summed E-state index contributed by atoms with van der Waals surface area (Å²) >= 11 is 0. The Hall–Kier alpha value is -1.71. The zero-order valence-corrected chi connectivity index (χ0v) is 11.4. The first-order chi connectivity index (χ1) is 9.31. The van der Waals surface area contributed by atoms with Gasteiger partial charge in [0.15, 0.2) is 11.5 Å². The van der Waals surface area contributed by atoms with Crippen molar-refractivity contribution in [3.05, 3.63) is 23.8 Å². The maximum Gasteiger partial charge on any atom is 0.251 e. The van der Waals surface area contributed by atoms with E-state index < -0.39 is 0 Å². The summed E-state index contributed by atoms with van der Waals surface area (Å²) in [5.74, 6) is 1.34. The lowest BCUT2D eigenvalue weighted by Gasteiger charge is -2.09. The molecular weight excluding hydrogens is 242 g/mol. The predicted molar refractivity (Wildman–Crippen MR) is 73.9 cm³/mol. The first-order valence-corrected chi connectivity index (χ1v) is 6.99. The molecule has 1 aliphatic rings. The van der Waals surface area contributed by atoms with Crippen LogP contribution in [0.25, 0.3) is 0 Å². The molecule has 104 valence electrons. The molecular formula is C15H21NO3. The standard InChI is InChI=1S/C15H21NO3/c1-2-3-4-8-16-15(17)12-6-7-13-14(11-12)19-10-5-9-18-13/h6-7,11H,2-5,8-10H2,1H3,(H,16,17). The minimum absolute atomic E-state index is 0.0493. The number of fused-ring (bicyclic) bond motifs is 1. The van der Waals surface area contributed by atoms with Gasteiger partial charge in [0.05, 0.1) is 13.2 Å². The van der Waals surface area contributed by atoms with Crippen LogP contribution in [-0.2, 0) is 0 Å². The highest BCUT2D eigenvalue weighted by Gasteiger charge is 2.13. The maximum atomic E-state index is 12.0. The lowest BCUT2D eigenvalue weighted by Crippen LogP contribution is -2.24. The zero-order valence-electron chi connectivity index (χ0n) is 11.4. The maximum absolute atomic E-state index is 12.0. The van der Waals surface area contributed by atoms with Crippen molar-refractivity contribution in [2.45, 2.75) is 32.6 Å². The molecule has 0 atom stereocenters. The van der Waals surface area contributed by atoms with Crippen molar-refractivity contribution in [3.8, 4) is 11.5 Å². The minimum Gasteiger partial charge on any atom is -0.490 e. The van der Waals surface area contributed by atoms with E-state index in [1.54, 1.807) is 12.1 Å². The topological polar surface area (TPSA) is 47.6 Å². The fourth-order valence-corrected chi connectivity index (χ4v) is 1.98. The average molecular weight is 263 g/mol. The van der Waals surface area contributed by atoms with Gasteiger partial charge in [0.1, 0.15) is 0 Å².